The van der Waals surface area contributed by atoms with Crippen LogP contribution in [0.1, 0.15) is 12.5 Å². The number of halogens is 1. The fourth-order valence-electron chi connectivity index (χ4n) is 1.18. The van der Waals surface area contributed by atoms with Gasteiger partial charge in [0.15, 0.2) is 11.6 Å². The van der Waals surface area contributed by atoms with Crippen LogP contribution >= 0.6 is 0 Å². The highest BCUT2D eigenvalue weighted by molar-refractivity contribution is 5.34. The fraction of sp³-hybridized carbons (Fsp3) is 0.400. The van der Waals surface area contributed by atoms with Crippen LogP contribution in [0.2, 0.25) is 0 Å². The van der Waals surface area contributed by atoms with Gasteiger partial charge in [-0.25, -0.2) is 4.39 Å². The highest BCUT2D eigenvalue weighted by Crippen LogP contribution is 2.21. The Labute approximate surface area is 77.7 Å². The molecule has 0 amide bonds. The molecular weight excluding hydrogens is 169 g/mol. The number of hydrogen-bond acceptors (Lipinski definition) is 2. The lowest BCUT2D eigenvalue weighted by Crippen LogP contribution is -2.12. The Morgan fingerprint density at radius 3 is 2.85 bits per heavy atom. The van der Waals surface area contributed by atoms with Gasteiger partial charge in [-0.1, -0.05) is 19.1 Å². The van der Waals surface area contributed by atoms with E-state index in [1.54, 1.807) is 6.07 Å². The highest BCUT2D eigenvalue weighted by Gasteiger charge is 2.06. The van der Waals surface area contributed by atoms with Crippen molar-refractivity contribution in [2.24, 2.45) is 0 Å². The molecule has 0 atom stereocenters. The van der Waals surface area contributed by atoms with Gasteiger partial charge in [0.2, 0.25) is 0 Å². The summed E-state index contributed by atoms with van der Waals surface area (Å²) in [4.78, 5) is 0. The molecule has 1 rings (SSSR count). The number of ether oxygens (including phenoxy) is 1. The lowest BCUT2D eigenvalue weighted by atomic mass is 10.2. The molecule has 3 heteroatoms. The minimum Gasteiger partial charge on any atom is -0.493 e. The monoisotopic (exact) mass is 183 g/mol. The molecule has 0 saturated heterocycles. The maximum Gasteiger partial charge on any atom is 0.165 e. The largest absolute Gasteiger partial charge is 0.493 e. The summed E-state index contributed by atoms with van der Waals surface area (Å²) in [6, 6.07) is 4.93. The Hall–Kier alpha value is -1.09. The summed E-state index contributed by atoms with van der Waals surface area (Å²) in [5, 5.41) is 3.12. The Bertz CT molecular complexity index is 276. The smallest absolute Gasteiger partial charge is 0.165 e. The van der Waals surface area contributed by atoms with Gasteiger partial charge in [-0.3, -0.25) is 0 Å². The molecule has 0 fully saturated rings. The average Bonchev–Trinajstić information content (AvgIpc) is 2.15. The number of hydrogen-bond donors (Lipinski definition) is 1. The maximum atomic E-state index is 13.1. The van der Waals surface area contributed by atoms with Crippen LogP contribution in [0.25, 0.3) is 0 Å². The lowest BCUT2D eigenvalue weighted by Gasteiger charge is -2.08. The summed E-state index contributed by atoms with van der Waals surface area (Å²) in [5.41, 5.74) is 0.851. The van der Waals surface area contributed by atoms with Gasteiger partial charge in [0.1, 0.15) is 0 Å². The summed E-state index contributed by atoms with van der Waals surface area (Å²) >= 11 is 0. The third-order valence-corrected chi connectivity index (χ3v) is 1.82. The summed E-state index contributed by atoms with van der Waals surface area (Å²) < 4.78 is 18.1. The van der Waals surface area contributed by atoms with Crippen LogP contribution in [0.4, 0.5) is 4.39 Å². The number of benzene rings is 1. The molecule has 1 N–H and O–H groups in total. The molecule has 2 nitrogen and oxygen atoms in total. The van der Waals surface area contributed by atoms with Gasteiger partial charge in [-0.05, 0) is 12.6 Å². The van der Waals surface area contributed by atoms with Crippen molar-refractivity contribution in [2.75, 3.05) is 13.7 Å². The first-order valence-corrected chi connectivity index (χ1v) is 4.31. The van der Waals surface area contributed by atoms with Crippen molar-refractivity contribution in [1.29, 1.82) is 0 Å². The van der Waals surface area contributed by atoms with Crippen LogP contribution in [0.5, 0.6) is 5.75 Å². The Kier molecular flexibility index (Phi) is 3.71. The van der Waals surface area contributed by atoms with Crippen LogP contribution in [0, 0.1) is 5.82 Å². The minimum absolute atomic E-state index is 0.307. The molecule has 0 bridgehead atoms. The van der Waals surface area contributed by atoms with Gasteiger partial charge < -0.3 is 10.1 Å². The Morgan fingerprint density at radius 1 is 1.46 bits per heavy atom. The van der Waals surface area contributed by atoms with E-state index < -0.39 is 0 Å². The van der Waals surface area contributed by atoms with Crippen LogP contribution in [0.15, 0.2) is 18.2 Å². The van der Waals surface area contributed by atoms with Crippen molar-refractivity contribution < 1.29 is 9.13 Å². The zero-order chi connectivity index (χ0) is 9.68. The van der Waals surface area contributed by atoms with Crippen LogP contribution in [-0.4, -0.2) is 13.7 Å². The van der Waals surface area contributed by atoms with Crippen molar-refractivity contribution in [3.8, 4) is 5.75 Å². The van der Waals surface area contributed by atoms with E-state index in [2.05, 4.69) is 5.32 Å². The van der Waals surface area contributed by atoms with Gasteiger partial charge in [0.25, 0.3) is 0 Å². The van der Waals surface area contributed by atoms with E-state index in [0.717, 1.165) is 12.1 Å². The third kappa shape index (κ3) is 2.42. The highest BCUT2D eigenvalue weighted by atomic mass is 19.1. The molecule has 0 aliphatic carbocycles. The van der Waals surface area contributed by atoms with E-state index in [0.29, 0.717) is 12.3 Å². The lowest BCUT2D eigenvalue weighted by molar-refractivity contribution is 0.380. The van der Waals surface area contributed by atoms with Gasteiger partial charge in [-0.15, -0.1) is 0 Å². The number of nitrogens with one attached hydrogen (secondary N) is 1. The average molecular weight is 183 g/mol. The first-order chi connectivity index (χ1) is 6.29. The van der Waals surface area contributed by atoms with E-state index in [1.165, 1.54) is 13.2 Å². The minimum atomic E-state index is -0.307. The molecular formula is C10H14FNO. The molecule has 0 unspecified atom stereocenters. The van der Waals surface area contributed by atoms with Gasteiger partial charge in [0, 0.05) is 12.1 Å². The van der Waals surface area contributed by atoms with E-state index >= 15 is 0 Å². The molecule has 0 heterocycles. The van der Waals surface area contributed by atoms with Crippen LogP contribution in [-0.2, 0) is 6.54 Å². The quantitative estimate of drug-likeness (QED) is 0.770. The van der Waals surface area contributed by atoms with E-state index in [1.807, 2.05) is 13.0 Å². The fourth-order valence-corrected chi connectivity index (χ4v) is 1.18. The Balaban J connectivity index is 2.85. The van der Waals surface area contributed by atoms with Crippen LogP contribution in [0.3, 0.4) is 0 Å². The first-order valence-electron chi connectivity index (χ1n) is 4.31. The second-order valence-corrected chi connectivity index (χ2v) is 2.71. The van der Waals surface area contributed by atoms with Crippen molar-refractivity contribution >= 4 is 0 Å². The first kappa shape index (κ1) is 9.99. The summed E-state index contributed by atoms with van der Waals surface area (Å²) in [7, 11) is 1.48. The van der Waals surface area contributed by atoms with Crippen molar-refractivity contribution in [2.45, 2.75) is 13.5 Å². The predicted molar refractivity (Wildman–Crippen MR) is 50.3 cm³/mol. The molecule has 0 aromatic heterocycles. The second-order valence-electron chi connectivity index (χ2n) is 2.71. The van der Waals surface area contributed by atoms with Crippen molar-refractivity contribution in [1.82, 2.24) is 5.32 Å². The molecule has 1 aromatic carbocycles. The van der Waals surface area contributed by atoms with E-state index in [4.69, 9.17) is 4.74 Å². The zero-order valence-corrected chi connectivity index (χ0v) is 7.93. The van der Waals surface area contributed by atoms with E-state index in [-0.39, 0.29) is 5.82 Å². The molecule has 0 aliphatic rings. The van der Waals surface area contributed by atoms with Crippen molar-refractivity contribution in [3.63, 3.8) is 0 Å². The molecule has 13 heavy (non-hydrogen) atoms. The molecule has 72 valence electrons. The Morgan fingerprint density at radius 2 is 2.23 bits per heavy atom. The molecule has 0 aliphatic heterocycles. The molecule has 0 radical (unpaired) electrons. The van der Waals surface area contributed by atoms with E-state index in [9.17, 15) is 4.39 Å². The number of methoxy groups -OCH3 is 1. The second kappa shape index (κ2) is 4.82. The molecule has 1 aromatic rings. The van der Waals surface area contributed by atoms with Gasteiger partial charge in [-0.2, -0.15) is 0 Å². The summed E-state index contributed by atoms with van der Waals surface area (Å²) in [5.74, 6) is 0.0290. The molecule has 0 saturated carbocycles. The molecule has 0 spiro atoms. The standard InChI is InChI=1S/C10H14FNO/c1-3-12-7-8-5-4-6-9(11)10(8)13-2/h4-6,12H,3,7H2,1-2H3. The summed E-state index contributed by atoms with van der Waals surface area (Å²) in [6.45, 7) is 3.50. The normalized spacial score (nSPS) is 10.1. The maximum absolute atomic E-state index is 13.1. The number of rotatable bonds is 4. The third-order valence-electron chi connectivity index (χ3n) is 1.82. The van der Waals surface area contributed by atoms with Gasteiger partial charge in [0.05, 0.1) is 7.11 Å². The van der Waals surface area contributed by atoms with Crippen LogP contribution < -0.4 is 10.1 Å². The zero-order valence-electron chi connectivity index (χ0n) is 7.93. The van der Waals surface area contributed by atoms with Gasteiger partial charge >= 0.3 is 0 Å². The topological polar surface area (TPSA) is 21.3 Å². The number of para-hydroxylation sites is 1. The van der Waals surface area contributed by atoms with Crippen molar-refractivity contribution in [3.05, 3.63) is 29.6 Å². The predicted octanol–water partition coefficient (Wildman–Crippen LogP) is 1.94. The summed E-state index contributed by atoms with van der Waals surface area (Å²) in [6.07, 6.45) is 0. The SMILES string of the molecule is CCNCc1cccc(F)c1OC.